The minimum atomic E-state index is -0.0928. The highest BCUT2D eigenvalue weighted by atomic mass is 35.5. The predicted molar refractivity (Wildman–Crippen MR) is 110 cm³/mol. The first-order valence-corrected chi connectivity index (χ1v) is 9.33. The van der Waals surface area contributed by atoms with E-state index in [1.807, 2.05) is 0 Å². The van der Waals surface area contributed by atoms with Crippen molar-refractivity contribution in [3.63, 3.8) is 0 Å². The van der Waals surface area contributed by atoms with E-state index in [-0.39, 0.29) is 12.5 Å². The third-order valence-electron chi connectivity index (χ3n) is 4.30. The van der Waals surface area contributed by atoms with E-state index >= 15 is 0 Å². The number of carbonyl (C=O) groups is 1. The van der Waals surface area contributed by atoms with Gasteiger partial charge in [-0.05, 0) is 23.5 Å². The number of anilines is 1. The standard InChI is InChI=1S/C21H27ClN2O3/c1-14(2)16-7-5-15(6-8-16)9-10-23-21(25)13-24-18-12-19(26-3)17(22)11-20(18)27-4/h5-8,11-12,14,24H,9-10,13H2,1-4H3,(H,23,25). The molecule has 0 saturated heterocycles. The van der Waals surface area contributed by atoms with Crippen LogP contribution in [0.2, 0.25) is 5.02 Å². The average Bonchev–Trinajstić information content (AvgIpc) is 2.67. The number of benzene rings is 2. The van der Waals surface area contributed by atoms with Crippen molar-refractivity contribution in [2.45, 2.75) is 26.2 Å². The van der Waals surface area contributed by atoms with E-state index in [2.05, 4.69) is 48.7 Å². The van der Waals surface area contributed by atoms with E-state index in [0.29, 0.717) is 34.7 Å². The number of amides is 1. The zero-order chi connectivity index (χ0) is 19.8. The zero-order valence-electron chi connectivity index (χ0n) is 16.3. The van der Waals surface area contributed by atoms with Crippen LogP contribution in [0.4, 0.5) is 5.69 Å². The quantitative estimate of drug-likeness (QED) is 0.672. The molecule has 2 aromatic carbocycles. The molecule has 0 saturated carbocycles. The summed E-state index contributed by atoms with van der Waals surface area (Å²) in [6, 6.07) is 11.9. The van der Waals surface area contributed by atoms with E-state index in [4.69, 9.17) is 21.1 Å². The molecule has 2 rings (SSSR count). The van der Waals surface area contributed by atoms with Gasteiger partial charge in [-0.25, -0.2) is 0 Å². The summed E-state index contributed by atoms with van der Waals surface area (Å²) in [4.78, 5) is 12.1. The fourth-order valence-corrected chi connectivity index (χ4v) is 2.88. The summed E-state index contributed by atoms with van der Waals surface area (Å²) in [5, 5.41) is 6.43. The fraction of sp³-hybridized carbons (Fsp3) is 0.381. The number of hydrogen-bond acceptors (Lipinski definition) is 4. The summed E-state index contributed by atoms with van der Waals surface area (Å²) < 4.78 is 10.5. The first-order valence-electron chi connectivity index (χ1n) is 8.95. The Kier molecular flexibility index (Phi) is 7.80. The molecule has 1 amide bonds. The maximum absolute atomic E-state index is 12.1. The lowest BCUT2D eigenvalue weighted by atomic mass is 10.0. The zero-order valence-corrected chi connectivity index (χ0v) is 17.0. The average molecular weight is 391 g/mol. The normalized spacial score (nSPS) is 10.6. The topological polar surface area (TPSA) is 59.6 Å². The summed E-state index contributed by atoms with van der Waals surface area (Å²) in [6.45, 7) is 5.07. The van der Waals surface area contributed by atoms with E-state index < -0.39 is 0 Å². The summed E-state index contributed by atoms with van der Waals surface area (Å²) in [5.41, 5.74) is 3.18. The van der Waals surface area contributed by atoms with Crippen LogP contribution < -0.4 is 20.1 Å². The Morgan fingerprint density at radius 2 is 1.74 bits per heavy atom. The van der Waals surface area contributed by atoms with Crippen LogP contribution in [0.1, 0.15) is 30.9 Å². The monoisotopic (exact) mass is 390 g/mol. The molecule has 0 aliphatic heterocycles. The fourth-order valence-electron chi connectivity index (χ4n) is 2.65. The van der Waals surface area contributed by atoms with Crippen LogP contribution in [0.5, 0.6) is 11.5 Å². The second kappa shape index (κ2) is 10.1. The van der Waals surface area contributed by atoms with E-state index in [1.165, 1.54) is 18.2 Å². The molecule has 0 aliphatic carbocycles. The first-order chi connectivity index (χ1) is 12.9. The summed E-state index contributed by atoms with van der Waals surface area (Å²) >= 11 is 6.08. The molecule has 0 fully saturated rings. The van der Waals surface area contributed by atoms with Crippen LogP contribution in [0.15, 0.2) is 36.4 Å². The Bertz CT molecular complexity index is 761. The van der Waals surface area contributed by atoms with Crippen molar-refractivity contribution in [3.8, 4) is 11.5 Å². The third kappa shape index (κ3) is 6.07. The Labute approximate surface area is 166 Å². The highest BCUT2D eigenvalue weighted by Crippen LogP contribution is 2.35. The number of hydrogen-bond donors (Lipinski definition) is 2. The largest absolute Gasteiger partial charge is 0.495 e. The van der Waals surface area contributed by atoms with Gasteiger partial charge in [-0.15, -0.1) is 0 Å². The molecular weight excluding hydrogens is 364 g/mol. The van der Waals surface area contributed by atoms with Crippen molar-refractivity contribution in [3.05, 3.63) is 52.5 Å². The van der Waals surface area contributed by atoms with Gasteiger partial charge in [-0.2, -0.15) is 0 Å². The van der Waals surface area contributed by atoms with Gasteiger partial charge in [0.25, 0.3) is 0 Å². The van der Waals surface area contributed by atoms with Crippen LogP contribution in [0.3, 0.4) is 0 Å². The Morgan fingerprint density at radius 1 is 1.07 bits per heavy atom. The van der Waals surface area contributed by atoms with Crippen LogP contribution >= 0.6 is 11.6 Å². The number of methoxy groups -OCH3 is 2. The lowest BCUT2D eigenvalue weighted by Crippen LogP contribution is -2.31. The lowest BCUT2D eigenvalue weighted by Gasteiger charge is -2.14. The maximum atomic E-state index is 12.1. The van der Waals surface area contributed by atoms with E-state index in [9.17, 15) is 4.79 Å². The molecule has 0 spiro atoms. The predicted octanol–water partition coefficient (Wildman–Crippen LogP) is 4.25. The maximum Gasteiger partial charge on any atom is 0.239 e. The minimum Gasteiger partial charge on any atom is -0.495 e. The third-order valence-corrected chi connectivity index (χ3v) is 4.59. The molecule has 5 nitrogen and oxygen atoms in total. The molecule has 0 unspecified atom stereocenters. The van der Waals surface area contributed by atoms with Crippen molar-refractivity contribution in [1.29, 1.82) is 0 Å². The highest BCUT2D eigenvalue weighted by molar-refractivity contribution is 6.32. The van der Waals surface area contributed by atoms with Crippen molar-refractivity contribution in [2.75, 3.05) is 32.6 Å². The Hall–Kier alpha value is -2.40. The smallest absolute Gasteiger partial charge is 0.239 e. The molecule has 2 N–H and O–H groups in total. The summed E-state index contributed by atoms with van der Waals surface area (Å²) in [5.74, 6) is 1.50. The van der Waals surface area contributed by atoms with Gasteiger partial charge < -0.3 is 20.1 Å². The second-order valence-electron chi connectivity index (χ2n) is 6.54. The van der Waals surface area contributed by atoms with Gasteiger partial charge in [0.05, 0.1) is 31.5 Å². The van der Waals surface area contributed by atoms with Gasteiger partial charge in [0, 0.05) is 18.7 Å². The highest BCUT2D eigenvalue weighted by Gasteiger charge is 2.11. The molecule has 0 aromatic heterocycles. The minimum absolute atomic E-state index is 0.0928. The molecular formula is C21H27ClN2O3. The number of nitrogens with one attached hydrogen (secondary N) is 2. The van der Waals surface area contributed by atoms with Gasteiger partial charge in [-0.1, -0.05) is 49.7 Å². The number of carbonyl (C=O) groups excluding carboxylic acids is 1. The van der Waals surface area contributed by atoms with Gasteiger partial charge in [0.1, 0.15) is 11.5 Å². The molecule has 0 atom stereocenters. The van der Waals surface area contributed by atoms with Crippen molar-refractivity contribution >= 4 is 23.2 Å². The van der Waals surface area contributed by atoms with E-state index in [0.717, 1.165) is 6.42 Å². The molecule has 2 aromatic rings. The van der Waals surface area contributed by atoms with Crippen LogP contribution in [-0.4, -0.2) is 33.2 Å². The van der Waals surface area contributed by atoms with Gasteiger partial charge in [0.2, 0.25) is 5.91 Å². The number of ether oxygens (including phenoxy) is 2. The number of halogens is 1. The molecule has 6 heteroatoms. The Balaban J connectivity index is 1.82. The molecule has 0 bridgehead atoms. The van der Waals surface area contributed by atoms with Crippen molar-refractivity contribution < 1.29 is 14.3 Å². The van der Waals surface area contributed by atoms with Crippen LogP contribution in [0, 0.1) is 0 Å². The van der Waals surface area contributed by atoms with Crippen LogP contribution in [0.25, 0.3) is 0 Å². The first kappa shape index (κ1) is 20.9. The second-order valence-corrected chi connectivity index (χ2v) is 6.94. The van der Waals surface area contributed by atoms with E-state index in [1.54, 1.807) is 19.2 Å². The molecule has 0 radical (unpaired) electrons. The van der Waals surface area contributed by atoms with Crippen molar-refractivity contribution in [2.24, 2.45) is 0 Å². The van der Waals surface area contributed by atoms with Crippen LogP contribution in [-0.2, 0) is 11.2 Å². The van der Waals surface area contributed by atoms with Gasteiger partial charge in [0.15, 0.2) is 0 Å². The summed E-state index contributed by atoms with van der Waals surface area (Å²) in [6.07, 6.45) is 0.794. The van der Waals surface area contributed by atoms with Gasteiger partial charge >= 0.3 is 0 Å². The SMILES string of the molecule is COc1cc(NCC(=O)NCCc2ccc(C(C)C)cc2)c(OC)cc1Cl. The molecule has 0 aliphatic rings. The molecule has 0 heterocycles. The van der Waals surface area contributed by atoms with Gasteiger partial charge in [-0.3, -0.25) is 4.79 Å². The summed E-state index contributed by atoms with van der Waals surface area (Å²) in [7, 11) is 3.09. The lowest BCUT2D eigenvalue weighted by molar-refractivity contribution is -0.119. The Morgan fingerprint density at radius 3 is 2.33 bits per heavy atom. The molecule has 146 valence electrons. The number of rotatable bonds is 9. The molecule has 27 heavy (non-hydrogen) atoms. The van der Waals surface area contributed by atoms with Crippen molar-refractivity contribution in [1.82, 2.24) is 5.32 Å².